The number of nitrogen functional groups attached to an aromatic ring is 1. The Kier molecular flexibility index (Phi) is 0.605. The van der Waals surface area contributed by atoms with Crippen molar-refractivity contribution in [3.8, 4) is 0 Å². The fourth-order valence-electron chi connectivity index (χ4n) is 0.393. The molecule has 0 fully saturated rings. The minimum absolute atomic E-state index is 0.0506. The minimum atomic E-state index is -2.58. The maximum atomic E-state index is 7.54. The Morgan fingerprint density at radius 2 is 2.56 bits per heavy atom. The van der Waals surface area contributed by atoms with Crippen molar-refractivity contribution in [3.05, 3.63) is 28.2 Å². The van der Waals surface area contributed by atoms with E-state index in [2.05, 4.69) is 15.9 Å². The van der Waals surface area contributed by atoms with Crippen molar-refractivity contribution in [3.63, 3.8) is 0 Å². The molecule has 0 amide bonds. The quantitative estimate of drug-likeness (QED) is 0.627. The number of anilines is 1. The van der Waals surface area contributed by atoms with Gasteiger partial charge in [0.05, 0.1) is 4.11 Å². The van der Waals surface area contributed by atoms with Crippen LogP contribution < -0.4 is 5.73 Å². The van der Waals surface area contributed by atoms with Gasteiger partial charge in [0.2, 0.25) is 0 Å². The van der Waals surface area contributed by atoms with Gasteiger partial charge in [-0.15, -0.1) is 0 Å². The van der Waals surface area contributed by atoms with Crippen LogP contribution in [-0.2, 0) is 0 Å². The van der Waals surface area contributed by atoms with E-state index in [-0.39, 0.29) is 22.2 Å². The molecule has 0 radical (unpaired) electrons. The molecule has 0 heterocycles. The summed E-state index contributed by atoms with van der Waals surface area (Å²) in [6.07, 6.45) is 0. The second-order valence-electron chi connectivity index (χ2n) is 1.48. The average Bonchev–Trinajstić information content (AvgIpc) is 2.09. The lowest BCUT2D eigenvalue weighted by molar-refractivity contribution is 1.45. The standard InChI is InChI=1S/C7H8BrN/c1-5-2-3-7(9)6(8)4-5/h2-4H,9H2,1H3/i1D3,2D,3D,4D. The van der Waals surface area contributed by atoms with Crippen LogP contribution >= 0.6 is 15.9 Å². The third kappa shape index (κ3) is 1.45. The molecule has 0 spiro atoms. The Labute approximate surface area is 71.4 Å². The number of rotatable bonds is 0. The third-order valence-electron chi connectivity index (χ3n) is 0.793. The van der Waals surface area contributed by atoms with Gasteiger partial charge >= 0.3 is 0 Å². The molecule has 0 atom stereocenters. The molecule has 1 nitrogen and oxygen atoms in total. The molecule has 0 aliphatic rings. The van der Waals surface area contributed by atoms with Crippen LogP contribution in [0.25, 0.3) is 0 Å². The summed E-state index contributed by atoms with van der Waals surface area (Å²) in [7, 11) is 0. The number of hydrogen-bond acceptors (Lipinski definition) is 1. The number of hydrogen-bond donors (Lipinski definition) is 1. The first-order valence-corrected chi connectivity index (χ1v) is 3.02. The summed E-state index contributed by atoms with van der Waals surface area (Å²) in [4.78, 5) is 0. The predicted molar refractivity (Wildman–Crippen MR) is 43.3 cm³/mol. The smallest absolute Gasteiger partial charge is 0.0645 e. The van der Waals surface area contributed by atoms with Crippen molar-refractivity contribution < 1.29 is 8.22 Å². The summed E-state index contributed by atoms with van der Waals surface area (Å²) in [5.41, 5.74) is 4.90. The summed E-state index contributed by atoms with van der Waals surface area (Å²) in [5, 5.41) is 0. The number of nitrogens with two attached hydrogens (primary N) is 1. The summed E-state index contributed by atoms with van der Waals surface area (Å²) < 4.78 is 44.0. The van der Waals surface area contributed by atoms with Crippen molar-refractivity contribution in [2.24, 2.45) is 0 Å². The van der Waals surface area contributed by atoms with Crippen molar-refractivity contribution in [2.45, 2.75) is 6.85 Å². The second-order valence-corrected chi connectivity index (χ2v) is 2.27. The molecule has 0 bridgehead atoms. The predicted octanol–water partition coefficient (Wildman–Crippen LogP) is 2.34. The van der Waals surface area contributed by atoms with E-state index in [0.717, 1.165) is 0 Å². The lowest BCUT2D eigenvalue weighted by Crippen LogP contribution is -1.85. The minimum Gasteiger partial charge on any atom is -0.398 e. The number of halogens is 1. The van der Waals surface area contributed by atoms with Crippen LogP contribution in [0, 0.1) is 6.85 Å². The molecule has 0 aromatic heterocycles. The van der Waals surface area contributed by atoms with Gasteiger partial charge in [-0.2, -0.15) is 0 Å². The Morgan fingerprint density at radius 3 is 3.22 bits per heavy atom. The topological polar surface area (TPSA) is 26.0 Å². The lowest BCUT2D eigenvalue weighted by Gasteiger charge is -1.96. The van der Waals surface area contributed by atoms with Gasteiger partial charge in [0.15, 0.2) is 0 Å². The zero-order valence-electron chi connectivity index (χ0n) is 10.5. The summed E-state index contributed by atoms with van der Waals surface area (Å²) in [6.45, 7) is -2.58. The van der Waals surface area contributed by atoms with E-state index >= 15 is 0 Å². The first kappa shape index (κ1) is 2.27. The summed E-state index contributed by atoms with van der Waals surface area (Å²) in [5.74, 6) is 0. The van der Waals surface area contributed by atoms with Crippen molar-refractivity contribution in [1.29, 1.82) is 0 Å². The lowest BCUT2D eigenvalue weighted by atomic mass is 10.2. The second kappa shape index (κ2) is 2.40. The van der Waals surface area contributed by atoms with Crippen LogP contribution in [0.4, 0.5) is 5.69 Å². The van der Waals surface area contributed by atoms with Crippen molar-refractivity contribution >= 4 is 21.6 Å². The first-order valence-electron chi connectivity index (χ1n) is 5.23. The molecular formula is C7H8BrN. The third-order valence-corrected chi connectivity index (χ3v) is 1.42. The molecule has 0 unspecified atom stereocenters. The molecule has 2 N–H and O–H groups in total. The highest BCUT2D eigenvalue weighted by atomic mass is 79.9. The fourth-order valence-corrected chi connectivity index (χ4v) is 0.690. The maximum absolute atomic E-state index is 7.54. The molecule has 0 aliphatic heterocycles. The van der Waals surface area contributed by atoms with Crippen molar-refractivity contribution in [2.75, 3.05) is 5.73 Å². The highest BCUT2D eigenvalue weighted by Crippen LogP contribution is 2.19. The van der Waals surface area contributed by atoms with Crippen LogP contribution in [0.1, 0.15) is 13.8 Å². The van der Waals surface area contributed by atoms with E-state index in [4.69, 9.17) is 14.0 Å². The van der Waals surface area contributed by atoms with Crippen molar-refractivity contribution in [1.82, 2.24) is 0 Å². The highest BCUT2D eigenvalue weighted by Gasteiger charge is 1.91. The average molecular weight is 192 g/mol. The largest absolute Gasteiger partial charge is 0.398 e. The van der Waals surface area contributed by atoms with E-state index in [9.17, 15) is 0 Å². The molecule has 0 saturated heterocycles. The van der Waals surface area contributed by atoms with E-state index in [1.54, 1.807) is 0 Å². The van der Waals surface area contributed by atoms with Gasteiger partial charge in [-0.1, -0.05) is 6.04 Å². The summed E-state index contributed by atoms with van der Waals surface area (Å²) >= 11 is 2.94. The van der Waals surface area contributed by atoms with E-state index < -0.39 is 18.5 Å². The van der Waals surface area contributed by atoms with Gasteiger partial charge in [0, 0.05) is 14.3 Å². The molecule has 1 aromatic rings. The highest BCUT2D eigenvalue weighted by molar-refractivity contribution is 9.10. The first-order chi connectivity index (χ1) is 6.68. The summed E-state index contributed by atoms with van der Waals surface area (Å²) in [6, 6.07) is -1.24. The molecule has 1 rings (SSSR count). The van der Waals surface area contributed by atoms with Crippen LogP contribution in [0.2, 0.25) is 0 Å². The van der Waals surface area contributed by atoms with Crippen LogP contribution in [-0.4, -0.2) is 0 Å². The Morgan fingerprint density at radius 1 is 1.78 bits per heavy atom. The Hall–Kier alpha value is -0.500. The Balaban J connectivity index is 3.68. The molecule has 0 saturated carbocycles. The van der Waals surface area contributed by atoms with Gasteiger partial charge in [0.25, 0.3) is 0 Å². The van der Waals surface area contributed by atoms with Crippen LogP contribution in [0.3, 0.4) is 0 Å². The van der Waals surface area contributed by atoms with Gasteiger partial charge in [0.1, 0.15) is 0 Å². The zero-order chi connectivity index (χ0) is 12.0. The monoisotopic (exact) mass is 191 g/mol. The van der Waals surface area contributed by atoms with Gasteiger partial charge in [-0.3, -0.25) is 0 Å². The molecule has 9 heavy (non-hydrogen) atoms. The van der Waals surface area contributed by atoms with E-state index in [1.165, 1.54) is 0 Å². The van der Waals surface area contributed by atoms with E-state index in [0.29, 0.717) is 0 Å². The molecular weight excluding hydrogens is 178 g/mol. The van der Waals surface area contributed by atoms with Crippen LogP contribution in [0.5, 0.6) is 0 Å². The van der Waals surface area contributed by atoms with Crippen LogP contribution in [0.15, 0.2) is 22.6 Å². The SMILES string of the molecule is [2H]c1c([2H])c(C([2H])([2H])[2H])c([2H])c(Br)c1N. The van der Waals surface area contributed by atoms with E-state index in [1.807, 2.05) is 0 Å². The van der Waals surface area contributed by atoms with Gasteiger partial charge < -0.3 is 5.73 Å². The Bertz CT molecular complexity index is 384. The zero-order valence-corrected chi connectivity index (χ0v) is 6.04. The fraction of sp³-hybridized carbons (Fsp3) is 0.143. The molecule has 0 aliphatic carbocycles. The van der Waals surface area contributed by atoms with Gasteiger partial charge in [-0.25, -0.2) is 0 Å². The van der Waals surface area contributed by atoms with Gasteiger partial charge in [-0.05, 0) is 40.4 Å². The molecule has 48 valence electrons. The number of benzene rings is 1. The molecule has 2 heteroatoms. The molecule has 1 aromatic carbocycles. The maximum Gasteiger partial charge on any atom is 0.0645 e. The normalized spacial score (nSPS) is 20.6.